The van der Waals surface area contributed by atoms with E-state index in [1.54, 1.807) is 47.6 Å². The highest BCUT2D eigenvalue weighted by Gasteiger charge is 2.06. The Bertz CT molecular complexity index is 697. The van der Waals surface area contributed by atoms with Crippen molar-refractivity contribution < 1.29 is 0 Å². The SMILES string of the molecule is N#C/C(=N\Nc1cc(Cl)ccc1-n1ccnc1)C(=N)N. The molecule has 0 saturated carbocycles. The summed E-state index contributed by atoms with van der Waals surface area (Å²) in [5.74, 6) is -0.411. The van der Waals surface area contributed by atoms with E-state index >= 15 is 0 Å². The number of hydrogen-bond acceptors (Lipinski definition) is 5. The third-order valence-corrected chi connectivity index (χ3v) is 2.63. The predicted molar refractivity (Wildman–Crippen MR) is 77.2 cm³/mol. The minimum Gasteiger partial charge on any atom is -0.382 e. The second kappa shape index (κ2) is 5.86. The summed E-state index contributed by atoms with van der Waals surface area (Å²) >= 11 is 5.94. The van der Waals surface area contributed by atoms with Crippen LogP contribution in [0, 0.1) is 16.7 Å². The highest BCUT2D eigenvalue weighted by Crippen LogP contribution is 2.24. The zero-order valence-electron chi connectivity index (χ0n) is 10.2. The molecule has 1 aromatic heterocycles. The van der Waals surface area contributed by atoms with Crippen LogP contribution in [-0.4, -0.2) is 21.1 Å². The van der Waals surface area contributed by atoms with Crippen molar-refractivity contribution in [3.05, 3.63) is 41.9 Å². The molecule has 100 valence electrons. The van der Waals surface area contributed by atoms with Crippen molar-refractivity contribution in [2.75, 3.05) is 5.43 Å². The molecular weight excluding hydrogens is 278 g/mol. The number of halogens is 1. The molecule has 1 aromatic carbocycles. The van der Waals surface area contributed by atoms with Crippen LogP contribution in [0.4, 0.5) is 5.69 Å². The van der Waals surface area contributed by atoms with Gasteiger partial charge in [0.05, 0.1) is 17.7 Å². The van der Waals surface area contributed by atoms with Gasteiger partial charge in [0.25, 0.3) is 0 Å². The van der Waals surface area contributed by atoms with Crippen LogP contribution >= 0.6 is 11.6 Å². The predicted octanol–water partition coefficient (Wildman–Crippen LogP) is 1.75. The molecule has 4 N–H and O–H groups in total. The van der Waals surface area contributed by atoms with Gasteiger partial charge in [0, 0.05) is 17.4 Å². The maximum absolute atomic E-state index is 8.80. The first-order valence-electron chi connectivity index (χ1n) is 5.48. The van der Waals surface area contributed by atoms with E-state index in [9.17, 15) is 0 Å². The van der Waals surface area contributed by atoms with Crippen molar-refractivity contribution in [2.45, 2.75) is 0 Å². The fraction of sp³-hybridized carbons (Fsp3) is 0. The zero-order valence-corrected chi connectivity index (χ0v) is 11.0. The quantitative estimate of drug-likeness (QED) is 0.451. The molecule has 0 aliphatic heterocycles. The van der Waals surface area contributed by atoms with Gasteiger partial charge in [0.2, 0.25) is 5.71 Å². The molecule has 7 nitrogen and oxygen atoms in total. The Morgan fingerprint density at radius 1 is 1.55 bits per heavy atom. The Morgan fingerprint density at radius 3 is 2.95 bits per heavy atom. The van der Waals surface area contributed by atoms with Gasteiger partial charge in [0.1, 0.15) is 6.07 Å². The highest BCUT2D eigenvalue weighted by atomic mass is 35.5. The van der Waals surface area contributed by atoms with E-state index in [1.165, 1.54) is 0 Å². The molecule has 0 aliphatic carbocycles. The summed E-state index contributed by atoms with van der Waals surface area (Å²) in [6.07, 6.45) is 5.01. The number of nitrogens with zero attached hydrogens (tertiary/aromatic N) is 4. The van der Waals surface area contributed by atoms with E-state index in [2.05, 4.69) is 15.5 Å². The van der Waals surface area contributed by atoms with E-state index in [1.807, 2.05) is 0 Å². The number of aromatic nitrogens is 2. The third kappa shape index (κ3) is 2.93. The van der Waals surface area contributed by atoms with Gasteiger partial charge in [-0.2, -0.15) is 10.4 Å². The maximum Gasteiger partial charge on any atom is 0.201 e. The molecule has 0 spiro atoms. The van der Waals surface area contributed by atoms with Crippen LogP contribution < -0.4 is 11.2 Å². The maximum atomic E-state index is 8.80. The Balaban J connectivity index is 2.39. The smallest absolute Gasteiger partial charge is 0.201 e. The number of amidine groups is 1. The molecule has 0 atom stereocenters. The van der Waals surface area contributed by atoms with Crippen molar-refractivity contribution in [1.82, 2.24) is 9.55 Å². The van der Waals surface area contributed by atoms with Gasteiger partial charge < -0.3 is 10.3 Å². The number of nitrogens with two attached hydrogens (primary N) is 1. The number of anilines is 1. The number of imidazole rings is 1. The topological polar surface area (TPSA) is 116 Å². The molecule has 0 bridgehead atoms. The van der Waals surface area contributed by atoms with Gasteiger partial charge in [-0.05, 0) is 18.2 Å². The number of rotatable bonds is 4. The second-order valence-electron chi connectivity index (χ2n) is 3.73. The lowest BCUT2D eigenvalue weighted by Gasteiger charge is -2.10. The standard InChI is InChI=1S/C12H10ClN7/c13-8-1-2-11(20-4-3-17-7-20)9(5-8)18-19-10(6-14)12(15)16/h1-5,7,18H,(H3,15,16)/b19-10+. The number of benzene rings is 1. The molecule has 2 rings (SSSR count). The average molecular weight is 288 g/mol. The lowest BCUT2D eigenvalue weighted by atomic mass is 10.2. The van der Waals surface area contributed by atoms with E-state index in [0.717, 1.165) is 5.69 Å². The van der Waals surface area contributed by atoms with Crippen molar-refractivity contribution >= 4 is 28.8 Å². The fourth-order valence-corrected chi connectivity index (χ4v) is 1.66. The minimum atomic E-state index is -0.411. The van der Waals surface area contributed by atoms with E-state index in [4.69, 9.17) is 28.0 Å². The number of nitriles is 1. The first-order chi connectivity index (χ1) is 9.61. The molecule has 20 heavy (non-hydrogen) atoms. The lowest BCUT2D eigenvalue weighted by Crippen LogP contribution is -2.22. The summed E-state index contributed by atoms with van der Waals surface area (Å²) in [7, 11) is 0. The van der Waals surface area contributed by atoms with Crippen LogP contribution in [0.1, 0.15) is 0 Å². The molecule has 0 aliphatic rings. The van der Waals surface area contributed by atoms with Gasteiger partial charge in [-0.1, -0.05) is 11.6 Å². The average Bonchev–Trinajstić information content (AvgIpc) is 2.93. The fourth-order valence-electron chi connectivity index (χ4n) is 1.49. The van der Waals surface area contributed by atoms with E-state index in [-0.39, 0.29) is 5.71 Å². The van der Waals surface area contributed by atoms with Gasteiger partial charge >= 0.3 is 0 Å². The molecule has 0 fully saturated rings. The third-order valence-electron chi connectivity index (χ3n) is 2.39. The van der Waals surface area contributed by atoms with E-state index in [0.29, 0.717) is 10.7 Å². The van der Waals surface area contributed by atoms with Crippen molar-refractivity contribution in [3.8, 4) is 11.8 Å². The summed E-state index contributed by atoms with van der Waals surface area (Å²) in [5, 5.41) is 20.3. The Kier molecular flexibility index (Phi) is 3.98. The summed E-state index contributed by atoms with van der Waals surface area (Å²) in [6.45, 7) is 0. The van der Waals surface area contributed by atoms with Crippen LogP contribution in [-0.2, 0) is 0 Å². The van der Waals surface area contributed by atoms with Crippen LogP contribution in [0.5, 0.6) is 0 Å². The zero-order chi connectivity index (χ0) is 14.5. The van der Waals surface area contributed by atoms with Crippen LogP contribution in [0.25, 0.3) is 5.69 Å². The molecule has 8 heteroatoms. The van der Waals surface area contributed by atoms with Crippen molar-refractivity contribution in [2.24, 2.45) is 10.8 Å². The Hall–Kier alpha value is -2.85. The second-order valence-corrected chi connectivity index (χ2v) is 4.17. The van der Waals surface area contributed by atoms with Gasteiger partial charge in [-0.25, -0.2) is 4.98 Å². The van der Waals surface area contributed by atoms with Gasteiger partial charge in [-0.3, -0.25) is 10.8 Å². The summed E-state index contributed by atoms with van der Waals surface area (Å²) in [5.41, 5.74) is 9.01. The molecule has 0 radical (unpaired) electrons. The number of hydrogen-bond donors (Lipinski definition) is 3. The van der Waals surface area contributed by atoms with Crippen molar-refractivity contribution in [1.29, 1.82) is 10.7 Å². The van der Waals surface area contributed by atoms with Gasteiger partial charge in [-0.15, -0.1) is 0 Å². The summed E-state index contributed by atoms with van der Waals surface area (Å²) in [4.78, 5) is 3.96. The van der Waals surface area contributed by atoms with Crippen LogP contribution in [0.15, 0.2) is 42.0 Å². The summed E-state index contributed by atoms with van der Waals surface area (Å²) < 4.78 is 1.76. The highest BCUT2D eigenvalue weighted by molar-refractivity contribution is 6.45. The Labute approximate surface area is 119 Å². The first-order valence-corrected chi connectivity index (χ1v) is 5.85. The molecule has 2 aromatic rings. The number of nitrogens with one attached hydrogen (secondary N) is 2. The summed E-state index contributed by atoms with van der Waals surface area (Å²) in [6, 6.07) is 6.88. The van der Waals surface area contributed by atoms with Crippen LogP contribution in [0.2, 0.25) is 5.02 Å². The van der Waals surface area contributed by atoms with Crippen molar-refractivity contribution in [3.63, 3.8) is 0 Å². The van der Waals surface area contributed by atoms with E-state index < -0.39 is 5.84 Å². The largest absolute Gasteiger partial charge is 0.382 e. The first kappa shape index (κ1) is 13.6. The molecule has 0 unspecified atom stereocenters. The Morgan fingerprint density at radius 2 is 2.35 bits per heavy atom. The van der Waals surface area contributed by atoms with Gasteiger partial charge in [0.15, 0.2) is 5.84 Å². The lowest BCUT2D eigenvalue weighted by molar-refractivity contribution is 1.05. The normalized spacial score (nSPS) is 10.9. The molecule has 0 saturated heterocycles. The monoisotopic (exact) mass is 287 g/mol. The molecule has 0 amide bonds. The number of hydrazone groups is 1. The van der Waals surface area contributed by atoms with Crippen LogP contribution in [0.3, 0.4) is 0 Å². The molecular formula is C12H10ClN7. The minimum absolute atomic E-state index is 0.207. The molecule has 1 heterocycles.